The smallest absolute Gasteiger partial charge is 0.123 e. The number of likely N-dealkylation sites (N-methyl/N-ethyl adjacent to an activating group) is 1. The van der Waals surface area contributed by atoms with E-state index in [1.807, 2.05) is 25.7 Å². The molecule has 1 aromatic heterocycles. The molecule has 114 valence electrons. The van der Waals surface area contributed by atoms with Crippen molar-refractivity contribution < 1.29 is 4.74 Å². The van der Waals surface area contributed by atoms with Gasteiger partial charge < -0.3 is 10.1 Å². The van der Waals surface area contributed by atoms with Crippen molar-refractivity contribution in [1.29, 1.82) is 0 Å². The van der Waals surface area contributed by atoms with Gasteiger partial charge in [0.1, 0.15) is 5.75 Å². The molecular weight excluding hydrogens is 286 g/mol. The molecule has 0 aliphatic carbocycles. The third-order valence-corrected chi connectivity index (χ3v) is 4.26. The van der Waals surface area contributed by atoms with Crippen molar-refractivity contribution in [2.45, 2.75) is 26.3 Å². The van der Waals surface area contributed by atoms with Gasteiger partial charge >= 0.3 is 0 Å². The van der Waals surface area contributed by atoms with Gasteiger partial charge in [-0.25, -0.2) is 0 Å². The lowest BCUT2D eigenvalue weighted by atomic mass is 9.99. The Morgan fingerprint density at radius 1 is 1.38 bits per heavy atom. The second kappa shape index (κ2) is 6.50. The zero-order valence-corrected chi connectivity index (χ0v) is 14.0. The van der Waals surface area contributed by atoms with Crippen molar-refractivity contribution in [2.24, 2.45) is 7.05 Å². The average Bonchev–Trinajstić information content (AvgIpc) is 2.70. The van der Waals surface area contributed by atoms with Crippen LogP contribution in [0.2, 0.25) is 5.02 Å². The largest absolute Gasteiger partial charge is 0.496 e. The molecule has 21 heavy (non-hydrogen) atoms. The fraction of sp³-hybridized carbons (Fsp3) is 0.438. The molecule has 2 aromatic rings. The first-order chi connectivity index (χ1) is 9.97. The number of aryl methyl sites for hydroxylation is 3. The maximum atomic E-state index is 6.36. The van der Waals surface area contributed by atoms with Gasteiger partial charge in [-0.1, -0.05) is 23.7 Å². The highest BCUT2D eigenvalue weighted by Gasteiger charge is 2.20. The van der Waals surface area contributed by atoms with Crippen molar-refractivity contribution in [1.82, 2.24) is 15.1 Å². The fourth-order valence-electron chi connectivity index (χ4n) is 2.57. The van der Waals surface area contributed by atoms with E-state index in [0.29, 0.717) is 0 Å². The summed E-state index contributed by atoms with van der Waals surface area (Å²) in [5.41, 5.74) is 4.19. The lowest BCUT2D eigenvalue weighted by Gasteiger charge is -2.20. The molecule has 1 N–H and O–H groups in total. The molecule has 0 fully saturated rings. The number of aromatic nitrogens is 2. The van der Waals surface area contributed by atoms with Crippen molar-refractivity contribution >= 4 is 11.6 Å². The van der Waals surface area contributed by atoms with Crippen LogP contribution in [0.3, 0.4) is 0 Å². The van der Waals surface area contributed by atoms with Gasteiger partial charge in [-0.05, 0) is 32.5 Å². The number of hydrogen-bond acceptors (Lipinski definition) is 3. The number of nitrogens with one attached hydrogen (secondary N) is 1. The summed E-state index contributed by atoms with van der Waals surface area (Å²) in [6.07, 6.45) is 0.756. The molecule has 2 rings (SSSR count). The number of methoxy groups -OCH3 is 1. The number of rotatable bonds is 5. The van der Waals surface area contributed by atoms with E-state index in [0.717, 1.165) is 34.1 Å². The van der Waals surface area contributed by atoms with Crippen LogP contribution >= 0.6 is 11.6 Å². The number of halogens is 1. The summed E-state index contributed by atoms with van der Waals surface area (Å²) in [5, 5.41) is 8.46. The summed E-state index contributed by atoms with van der Waals surface area (Å²) in [6, 6.07) is 6.37. The molecule has 5 heteroatoms. The van der Waals surface area contributed by atoms with Crippen LogP contribution in [0.5, 0.6) is 5.75 Å². The van der Waals surface area contributed by atoms with E-state index >= 15 is 0 Å². The standard InChI is InChI=1S/C16H22ClN3O/c1-10-6-7-12(15(8-10)21-5)13(18-3)9-14-16(17)11(2)19-20(14)4/h6-8,13,18H,9H2,1-5H3. The normalized spacial score (nSPS) is 12.5. The fourth-order valence-corrected chi connectivity index (χ4v) is 2.81. The quantitative estimate of drug-likeness (QED) is 0.922. The molecule has 0 spiro atoms. The average molecular weight is 308 g/mol. The second-order valence-corrected chi connectivity index (χ2v) is 5.64. The van der Waals surface area contributed by atoms with Crippen LogP contribution in [0.15, 0.2) is 18.2 Å². The number of benzene rings is 1. The van der Waals surface area contributed by atoms with Gasteiger partial charge in [0.15, 0.2) is 0 Å². The Morgan fingerprint density at radius 3 is 2.62 bits per heavy atom. The second-order valence-electron chi connectivity index (χ2n) is 5.26. The first-order valence-electron chi connectivity index (χ1n) is 6.97. The van der Waals surface area contributed by atoms with Crippen LogP contribution in [0.25, 0.3) is 0 Å². The molecule has 1 atom stereocenters. The van der Waals surface area contributed by atoms with Crippen molar-refractivity contribution in [3.63, 3.8) is 0 Å². The van der Waals surface area contributed by atoms with Gasteiger partial charge in [0.2, 0.25) is 0 Å². The summed E-state index contributed by atoms with van der Waals surface area (Å²) in [4.78, 5) is 0. The molecule has 0 saturated heterocycles. The molecule has 0 amide bonds. The minimum atomic E-state index is 0.118. The summed E-state index contributed by atoms with van der Waals surface area (Å²) >= 11 is 6.36. The Morgan fingerprint density at radius 2 is 2.10 bits per heavy atom. The number of nitrogens with zero attached hydrogens (tertiary/aromatic N) is 2. The summed E-state index contributed by atoms with van der Waals surface area (Å²) < 4.78 is 7.37. The van der Waals surface area contributed by atoms with Gasteiger partial charge in [-0.2, -0.15) is 5.10 Å². The van der Waals surface area contributed by atoms with Crippen LogP contribution in [-0.4, -0.2) is 23.9 Å². The van der Waals surface area contributed by atoms with E-state index in [1.165, 1.54) is 5.56 Å². The van der Waals surface area contributed by atoms with Crippen LogP contribution < -0.4 is 10.1 Å². The third kappa shape index (κ3) is 3.22. The maximum absolute atomic E-state index is 6.36. The molecule has 0 radical (unpaired) electrons. The van der Waals surface area contributed by atoms with Gasteiger partial charge in [0.25, 0.3) is 0 Å². The van der Waals surface area contributed by atoms with E-state index in [2.05, 4.69) is 35.5 Å². The first kappa shape index (κ1) is 15.9. The summed E-state index contributed by atoms with van der Waals surface area (Å²) in [6.45, 7) is 3.98. The summed E-state index contributed by atoms with van der Waals surface area (Å²) in [7, 11) is 5.57. The predicted molar refractivity (Wildman–Crippen MR) is 86.2 cm³/mol. The minimum Gasteiger partial charge on any atom is -0.496 e. The monoisotopic (exact) mass is 307 g/mol. The van der Waals surface area contributed by atoms with Crippen molar-refractivity contribution in [2.75, 3.05) is 14.2 Å². The number of ether oxygens (including phenoxy) is 1. The van der Waals surface area contributed by atoms with E-state index in [4.69, 9.17) is 16.3 Å². The Labute approximate surface area is 131 Å². The third-order valence-electron chi connectivity index (χ3n) is 3.77. The van der Waals surface area contributed by atoms with Gasteiger partial charge in [-0.15, -0.1) is 0 Å². The molecule has 0 bridgehead atoms. The van der Waals surface area contributed by atoms with E-state index in [9.17, 15) is 0 Å². The van der Waals surface area contributed by atoms with E-state index in [1.54, 1.807) is 7.11 Å². The van der Waals surface area contributed by atoms with Crippen LogP contribution in [0.4, 0.5) is 0 Å². The van der Waals surface area contributed by atoms with Crippen LogP contribution in [0.1, 0.15) is 28.6 Å². The molecule has 0 saturated carbocycles. The Hall–Kier alpha value is -1.52. The zero-order valence-electron chi connectivity index (χ0n) is 13.2. The Kier molecular flexibility index (Phi) is 4.91. The van der Waals surface area contributed by atoms with Gasteiger partial charge in [-0.3, -0.25) is 4.68 Å². The number of hydrogen-bond donors (Lipinski definition) is 1. The summed E-state index contributed by atoms with van der Waals surface area (Å²) in [5.74, 6) is 0.893. The SMILES string of the molecule is CNC(Cc1c(Cl)c(C)nn1C)c1ccc(C)cc1OC. The minimum absolute atomic E-state index is 0.118. The highest BCUT2D eigenvalue weighted by atomic mass is 35.5. The Bertz CT molecular complexity index is 637. The van der Waals surface area contributed by atoms with Crippen molar-refractivity contribution in [3.8, 4) is 5.75 Å². The molecule has 1 heterocycles. The molecule has 4 nitrogen and oxygen atoms in total. The zero-order chi connectivity index (χ0) is 15.6. The maximum Gasteiger partial charge on any atom is 0.123 e. The molecule has 1 aromatic carbocycles. The molecule has 1 unspecified atom stereocenters. The predicted octanol–water partition coefficient (Wildman–Crippen LogP) is 3.20. The van der Waals surface area contributed by atoms with Crippen molar-refractivity contribution in [3.05, 3.63) is 45.7 Å². The lowest BCUT2D eigenvalue weighted by Crippen LogP contribution is -2.21. The highest BCUT2D eigenvalue weighted by molar-refractivity contribution is 6.31. The van der Waals surface area contributed by atoms with E-state index in [-0.39, 0.29) is 6.04 Å². The Balaban J connectivity index is 2.36. The first-order valence-corrected chi connectivity index (χ1v) is 7.35. The van der Waals surface area contributed by atoms with Crippen LogP contribution in [-0.2, 0) is 13.5 Å². The highest BCUT2D eigenvalue weighted by Crippen LogP contribution is 2.31. The lowest BCUT2D eigenvalue weighted by molar-refractivity contribution is 0.400. The van der Waals surface area contributed by atoms with Gasteiger partial charge in [0.05, 0.1) is 23.5 Å². The van der Waals surface area contributed by atoms with Gasteiger partial charge in [0, 0.05) is 25.1 Å². The van der Waals surface area contributed by atoms with Crippen LogP contribution in [0, 0.1) is 13.8 Å². The molecular formula is C16H22ClN3O. The molecule has 0 aliphatic heterocycles. The van der Waals surface area contributed by atoms with E-state index < -0.39 is 0 Å². The topological polar surface area (TPSA) is 39.1 Å². The molecule has 0 aliphatic rings.